The van der Waals surface area contributed by atoms with Gasteiger partial charge in [0.1, 0.15) is 6.54 Å². The van der Waals surface area contributed by atoms with E-state index in [4.69, 9.17) is 9.47 Å². The van der Waals surface area contributed by atoms with Crippen LogP contribution in [0.5, 0.6) is 5.75 Å². The summed E-state index contributed by atoms with van der Waals surface area (Å²) in [6.45, 7) is 1.94. The van der Waals surface area contributed by atoms with Crippen LogP contribution in [0.1, 0.15) is 44.3 Å². The van der Waals surface area contributed by atoms with E-state index in [0.717, 1.165) is 30.6 Å². The third kappa shape index (κ3) is 4.91. The third-order valence-corrected chi connectivity index (χ3v) is 4.65. The second kappa shape index (κ2) is 9.82. The number of hydrogen-bond acceptors (Lipinski definition) is 7. The maximum atomic E-state index is 13.1. The predicted octanol–water partition coefficient (Wildman–Crippen LogP) is 3.58. The summed E-state index contributed by atoms with van der Waals surface area (Å²) in [7, 11) is 0. The number of benzene rings is 1. The molecule has 0 bridgehead atoms. The lowest BCUT2D eigenvalue weighted by molar-refractivity contribution is -0.389. The zero-order valence-electron chi connectivity index (χ0n) is 16.7. The molecule has 0 radical (unpaired) electrons. The minimum Gasteiger partial charge on any atom is -0.469 e. The standard InChI is InChI=1S/C21H23N3O6/c1-2-3-4-8-13-29-18(25)14-23-20-16(11-12-17(22-20)24(27)28)30-19(21(23)26)15-9-6-5-7-10-15/h5-7,9-12,19H,2-4,8,13-14H2,1H3. The Labute approximate surface area is 173 Å². The van der Waals surface area contributed by atoms with Crippen molar-refractivity contribution >= 4 is 23.5 Å². The highest BCUT2D eigenvalue weighted by Gasteiger charge is 2.41. The lowest BCUT2D eigenvalue weighted by Gasteiger charge is -2.30. The van der Waals surface area contributed by atoms with E-state index < -0.39 is 35.3 Å². The van der Waals surface area contributed by atoms with Crippen molar-refractivity contribution in [1.82, 2.24) is 4.98 Å². The van der Waals surface area contributed by atoms with E-state index in [9.17, 15) is 19.7 Å². The third-order valence-electron chi connectivity index (χ3n) is 4.65. The summed E-state index contributed by atoms with van der Waals surface area (Å²) in [5.41, 5.74) is 0.601. The summed E-state index contributed by atoms with van der Waals surface area (Å²) >= 11 is 0. The molecule has 0 fully saturated rings. The number of aromatic nitrogens is 1. The van der Waals surface area contributed by atoms with E-state index in [1.54, 1.807) is 24.3 Å². The van der Waals surface area contributed by atoms with Crippen LogP contribution in [-0.4, -0.2) is 34.9 Å². The van der Waals surface area contributed by atoms with Crippen LogP contribution in [0.2, 0.25) is 0 Å². The first-order chi connectivity index (χ1) is 14.5. The van der Waals surface area contributed by atoms with Crippen LogP contribution >= 0.6 is 0 Å². The fourth-order valence-electron chi connectivity index (χ4n) is 3.12. The molecular formula is C21H23N3O6. The fraction of sp³-hybridized carbons (Fsp3) is 0.381. The Morgan fingerprint density at radius 2 is 1.97 bits per heavy atom. The maximum Gasteiger partial charge on any atom is 0.366 e. The molecule has 1 aliphatic rings. The van der Waals surface area contributed by atoms with Gasteiger partial charge in [-0.15, -0.1) is 0 Å². The van der Waals surface area contributed by atoms with E-state index in [1.165, 1.54) is 12.1 Å². The Morgan fingerprint density at radius 3 is 2.67 bits per heavy atom. The van der Waals surface area contributed by atoms with Gasteiger partial charge < -0.3 is 19.6 Å². The van der Waals surface area contributed by atoms with E-state index in [0.29, 0.717) is 5.56 Å². The average Bonchev–Trinajstić information content (AvgIpc) is 2.75. The minimum absolute atomic E-state index is 0.0654. The number of pyridine rings is 1. The Morgan fingerprint density at radius 1 is 1.20 bits per heavy atom. The van der Waals surface area contributed by atoms with Crippen molar-refractivity contribution in [3.05, 3.63) is 58.1 Å². The number of carbonyl (C=O) groups excluding carboxylic acids is 2. The van der Waals surface area contributed by atoms with Crippen molar-refractivity contribution in [3.63, 3.8) is 0 Å². The molecular weight excluding hydrogens is 390 g/mol. The largest absolute Gasteiger partial charge is 0.469 e. The SMILES string of the molecule is CCCCCCOC(=O)CN1C(=O)C(c2ccccc2)Oc2ccc([N+](=O)[O-])nc21. The van der Waals surface area contributed by atoms with Gasteiger partial charge in [0.05, 0.1) is 6.61 Å². The Bertz CT molecular complexity index is 918. The van der Waals surface area contributed by atoms with Gasteiger partial charge >= 0.3 is 11.8 Å². The van der Waals surface area contributed by atoms with Crippen molar-refractivity contribution in [2.75, 3.05) is 18.1 Å². The second-order valence-electron chi connectivity index (χ2n) is 6.86. The first-order valence-corrected chi connectivity index (χ1v) is 9.85. The van der Waals surface area contributed by atoms with Crippen molar-refractivity contribution in [2.24, 2.45) is 0 Å². The van der Waals surface area contributed by atoms with Crippen molar-refractivity contribution in [2.45, 2.75) is 38.7 Å². The number of carbonyl (C=O) groups is 2. The minimum atomic E-state index is -0.987. The summed E-state index contributed by atoms with van der Waals surface area (Å²) in [6, 6.07) is 11.4. The molecule has 2 aromatic rings. The average molecular weight is 413 g/mol. The zero-order chi connectivity index (χ0) is 21.5. The van der Waals surface area contributed by atoms with Gasteiger partial charge in [-0.2, -0.15) is 0 Å². The van der Waals surface area contributed by atoms with Crippen LogP contribution in [-0.2, 0) is 14.3 Å². The van der Waals surface area contributed by atoms with Gasteiger partial charge in [-0.3, -0.25) is 14.5 Å². The molecule has 0 N–H and O–H groups in total. The fourth-order valence-corrected chi connectivity index (χ4v) is 3.12. The van der Waals surface area contributed by atoms with E-state index in [-0.39, 0.29) is 18.2 Å². The van der Waals surface area contributed by atoms with E-state index in [1.807, 2.05) is 6.07 Å². The van der Waals surface area contributed by atoms with Crippen LogP contribution in [0.25, 0.3) is 0 Å². The highest BCUT2D eigenvalue weighted by molar-refractivity contribution is 6.02. The molecule has 1 aromatic carbocycles. The molecule has 1 atom stereocenters. The molecule has 0 saturated heterocycles. The number of ether oxygens (including phenoxy) is 2. The quantitative estimate of drug-likeness (QED) is 0.267. The van der Waals surface area contributed by atoms with Crippen LogP contribution in [0.3, 0.4) is 0 Å². The molecule has 3 rings (SSSR count). The van der Waals surface area contributed by atoms with Gasteiger partial charge in [-0.05, 0) is 22.4 Å². The molecule has 9 heteroatoms. The van der Waals surface area contributed by atoms with Crippen LogP contribution in [0.4, 0.5) is 11.6 Å². The number of esters is 1. The molecule has 0 saturated carbocycles. The summed E-state index contributed by atoms with van der Waals surface area (Å²) < 4.78 is 11.0. The number of fused-ring (bicyclic) bond motifs is 1. The Kier molecular flexibility index (Phi) is 6.95. The predicted molar refractivity (Wildman–Crippen MR) is 108 cm³/mol. The molecule has 9 nitrogen and oxygen atoms in total. The number of amides is 1. The molecule has 1 aliphatic heterocycles. The topological polar surface area (TPSA) is 112 Å². The van der Waals surface area contributed by atoms with Crippen LogP contribution in [0, 0.1) is 10.1 Å². The van der Waals surface area contributed by atoms with Crippen molar-refractivity contribution in [1.29, 1.82) is 0 Å². The van der Waals surface area contributed by atoms with Gasteiger partial charge in [0.2, 0.25) is 6.10 Å². The number of unbranched alkanes of at least 4 members (excludes halogenated alkanes) is 3. The zero-order valence-corrected chi connectivity index (χ0v) is 16.7. The number of rotatable bonds is 9. The summed E-state index contributed by atoms with van der Waals surface area (Å²) in [5.74, 6) is -1.46. The number of nitro groups is 1. The first-order valence-electron chi connectivity index (χ1n) is 9.85. The molecule has 0 spiro atoms. The van der Waals surface area contributed by atoms with Crippen molar-refractivity contribution in [3.8, 4) is 5.75 Å². The molecule has 0 aliphatic carbocycles. The van der Waals surface area contributed by atoms with Gasteiger partial charge in [0.15, 0.2) is 5.75 Å². The molecule has 30 heavy (non-hydrogen) atoms. The Hall–Kier alpha value is -3.49. The van der Waals surface area contributed by atoms with E-state index >= 15 is 0 Å². The highest BCUT2D eigenvalue weighted by Crippen LogP contribution is 2.38. The smallest absolute Gasteiger partial charge is 0.366 e. The number of nitrogens with zero attached hydrogens (tertiary/aromatic N) is 3. The Balaban J connectivity index is 1.83. The lowest BCUT2D eigenvalue weighted by Crippen LogP contribution is -2.44. The normalized spacial score (nSPS) is 15.3. The summed E-state index contributed by atoms with van der Waals surface area (Å²) in [6.07, 6.45) is 2.83. The first kappa shape index (κ1) is 21.2. The molecule has 1 unspecified atom stereocenters. The number of hydrogen-bond donors (Lipinski definition) is 0. The summed E-state index contributed by atoms with van der Waals surface area (Å²) in [5, 5.41) is 11.1. The van der Waals surface area contributed by atoms with Gasteiger partial charge in [-0.25, -0.2) is 0 Å². The summed E-state index contributed by atoms with van der Waals surface area (Å²) in [4.78, 5) is 40.9. The van der Waals surface area contributed by atoms with Crippen LogP contribution < -0.4 is 9.64 Å². The molecule has 1 aromatic heterocycles. The highest BCUT2D eigenvalue weighted by atomic mass is 16.6. The molecule has 158 valence electrons. The number of anilines is 1. The second-order valence-corrected chi connectivity index (χ2v) is 6.86. The van der Waals surface area contributed by atoms with Crippen molar-refractivity contribution < 1.29 is 24.0 Å². The molecule has 2 heterocycles. The van der Waals surface area contributed by atoms with E-state index in [2.05, 4.69) is 11.9 Å². The van der Waals surface area contributed by atoms with Gasteiger partial charge in [0, 0.05) is 11.6 Å². The van der Waals surface area contributed by atoms with Gasteiger partial charge in [0.25, 0.3) is 11.7 Å². The maximum absolute atomic E-state index is 13.1. The lowest BCUT2D eigenvalue weighted by atomic mass is 10.1. The van der Waals surface area contributed by atoms with Crippen LogP contribution in [0.15, 0.2) is 42.5 Å². The van der Waals surface area contributed by atoms with Gasteiger partial charge in [-0.1, -0.05) is 56.5 Å². The molecule has 1 amide bonds. The monoisotopic (exact) mass is 413 g/mol.